The molecule has 0 atom stereocenters. The highest BCUT2D eigenvalue weighted by Gasteiger charge is 2.18. The van der Waals surface area contributed by atoms with Crippen molar-refractivity contribution in [2.75, 3.05) is 18.6 Å². The van der Waals surface area contributed by atoms with Crippen LogP contribution in [-0.4, -0.2) is 45.9 Å². The van der Waals surface area contributed by atoms with Crippen molar-refractivity contribution in [3.63, 3.8) is 0 Å². The lowest BCUT2D eigenvalue weighted by Gasteiger charge is -2.04. The molecule has 1 heterocycles. The van der Waals surface area contributed by atoms with Gasteiger partial charge in [0.1, 0.15) is 20.4 Å². The van der Waals surface area contributed by atoms with E-state index >= 15 is 0 Å². The van der Waals surface area contributed by atoms with Crippen molar-refractivity contribution in [2.24, 2.45) is 7.05 Å². The fourth-order valence-electron chi connectivity index (χ4n) is 1.33. The molecule has 0 fully saturated rings. The van der Waals surface area contributed by atoms with Crippen LogP contribution in [0.25, 0.3) is 0 Å². The molecule has 0 aliphatic rings. The summed E-state index contributed by atoms with van der Waals surface area (Å²) in [4.78, 5) is 11.5. The molecule has 0 saturated carbocycles. The van der Waals surface area contributed by atoms with Crippen molar-refractivity contribution < 1.29 is 21.6 Å². The second kappa shape index (κ2) is 5.51. The molecule has 1 rings (SSSR count). The van der Waals surface area contributed by atoms with Crippen LogP contribution in [0.2, 0.25) is 0 Å². The molecular weight excluding hydrogens is 316 g/mol. The molecule has 0 spiro atoms. The van der Waals surface area contributed by atoms with Gasteiger partial charge >= 0.3 is 0 Å². The molecule has 7 nitrogen and oxygen atoms in total. The van der Waals surface area contributed by atoms with Gasteiger partial charge in [0.25, 0.3) is 15.0 Å². The molecule has 1 amide bonds. The van der Waals surface area contributed by atoms with Gasteiger partial charge in [-0.15, -0.1) is 0 Å². The minimum Gasteiger partial charge on any atom is -0.350 e. The highest BCUT2D eigenvalue weighted by molar-refractivity contribution is 8.13. The number of sulfone groups is 1. The number of hydrogen-bond donors (Lipinski definition) is 1. The molecule has 108 valence electrons. The normalized spacial score (nSPS) is 12.4. The Bertz CT molecular complexity index is 690. The van der Waals surface area contributed by atoms with Crippen molar-refractivity contribution >= 4 is 35.5 Å². The fourth-order valence-corrected chi connectivity index (χ4v) is 2.60. The number of carbonyl (C=O) groups excluding carboxylic acids is 1. The maximum Gasteiger partial charge on any atom is 0.267 e. The quantitative estimate of drug-likeness (QED) is 0.749. The first-order chi connectivity index (χ1) is 8.50. The van der Waals surface area contributed by atoms with Gasteiger partial charge in [0.15, 0.2) is 0 Å². The van der Waals surface area contributed by atoms with Crippen LogP contribution in [-0.2, 0) is 25.9 Å². The van der Waals surface area contributed by atoms with Gasteiger partial charge in [-0.1, -0.05) is 0 Å². The van der Waals surface area contributed by atoms with E-state index in [1.54, 1.807) is 0 Å². The van der Waals surface area contributed by atoms with E-state index in [-0.39, 0.29) is 22.9 Å². The zero-order valence-electron chi connectivity index (χ0n) is 10.3. The highest BCUT2D eigenvalue weighted by Crippen LogP contribution is 2.17. The van der Waals surface area contributed by atoms with Crippen molar-refractivity contribution in [1.29, 1.82) is 0 Å². The van der Waals surface area contributed by atoms with Crippen molar-refractivity contribution in [1.82, 2.24) is 9.88 Å². The summed E-state index contributed by atoms with van der Waals surface area (Å²) in [6.45, 7) is -0.0498. The smallest absolute Gasteiger partial charge is 0.267 e. The van der Waals surface area contributed by atoms with E-state index in [0.717, 1.165) is 12.3 Å². The third-order valence-electron chi connectivity index (χ3n) is 2.25. The Balaban J connectivity index is 2.81. The summed E-state index contributed by atoms with van der Waals surface area (Å²) in [7, 11) is -0.431. The Kier molecular flexibility index (Phi) is 4.64. The molecule has 1 aromatic heterocycles. The predicted octanol–water partition coefficient (Wildman–Crippen LogP) is -0.273. The van der Waals surface area contributed by atoms with Crippen molar-refractivity contribution in [2.45, 2.75) is 4.90 Å². The van der Waals surface area contributed by atoms with Gasteiger partial charge in [-0.05, 0) is 6.07 Å². The van der Waals surface area contributed by atoms with Crippen LogP contribution in [0.5, 0.6) is 0 Å². The van der Waals surface area contributed by atoms with Crippen molar-refractivity contribution in [3.8, 4) is 0 Å². The van der Waals surface area contributed by atoms with Gasteiger partial charge in [0.2, 0.25) is 0 Å². The van der Waals surface area contributed by atoms with Crippen LogP contribution in [0.15, 0.2) is 17.2 Å². The summed E-state index contributed by atoms with van der Waals surface area (Å²) >= 11 is 0. The van der Waals surface area contributed by atoms with Gasteiger partial charge in [-0.2, -0.15) is 0 Å². The van der Waals surface area contributed by atoms with Crippen LogP contribution in [0.4, 0.5) is 0 Å². The Labute approximate surface area is 115 Å². The lowest BCUT2D eigenvalue weighted by molar-refractivity contribution is 0.0948. The molecule has 0 aliphatic carbocycles. The van der Waals surface area contributed by atoms with Crippen LogP contribution in [0.1, 0.15) is 10.5 Å². The molecule has 19 heavy (non-hydrogen) atoms. The van der Waals surface area contributed by atoms with E-state index in [1.165, 1.54) is 17.8 Å². The zero-order valence-corrected chi connectivity index (χ0v) is 12.6. The topological polar surface area (TPSA) is 102 Å². The Morgan fingerprint density at radius 1 is 1.37 bits per heavy atom. The number of halogens is 1. The molecule has 0 radical (unpaired) electrons. The Morgan fingerprint density at radius 3 is 2.37 bits per heavy atom. The maximum atomic E-state index is 11.7. The lowest BCUT2D eigenvalue weighted by atomic mass is 10.4. The number of nitrogens with zero attached hydrogens (tertiary/aromatic N) is 1. The monoisotopic (exact) mass is 328 g/mol. The molecule has 0 aromatic carbocycles. The SMILES string of the molecule is Cn1cc(S(=O)(=O)Cl)cc1C(=O)NCCS(C)(=O)=O. The Morgan fingerprint density at radius 2 is 1.95 bits per heavy atom. The number of aromatic nitrogens is 1. The van der Waals surface area contributed by atoms with E-state index in [9.17, 15) is 21.6 Å². The fraction of sp³-hybridized carbons (Fsp3) is 0.444. The summed E-state index contributed by atoms with van der Waals surface area (Å²) in [6.07, 6.45) is 2.26. The molecule has 10 heteroatoms. The molecule has 0 unspecified atom stereocenters. The summed E-state index contributed by atoms with van der Waals surface area (Å²) in [5, 5.41) is 2.38. The van der Waals surface area contributed by atoms with Gasteiger partial charge in [-0.3, -0.25) is 4.79 Å². The average Bonchev–Trinajstić information content (AvgIpc) is 2.57. The zero-order chi connectivity index (χ0) is 14.8. The number of carbonyl (C=O) groups is 1. The first kappa shape index (κ1) is 16.0. The van der Waals surface area contributed by atoms with Gasteiger partial charge in [0.05, 0.1) is 5.75 Å². The average molecular weight is 329 g/mol. The minimum absolute atomic E-state index is 0.0498. The lowest BCUT2D eigenvalue weighted by Crippen LogP contribution is -2.29. The van der Waals surface area contributed by atoms with E-state index in [1.807, 2.05) is 0 Å². The molecule has 0 saturated heterocycles. The van der Waals surface area contributed by atoms with Crippen LogP contribution in [0.3, 0.4) is 0 Å². The van der Waals surface area contributed by atoms with Crippen LogP contribution in [0, 0.1) is 0 Å². The summed E-state index contributed by atoms with van der Waals surface area (Å²) in [5.41, 5.74) is 0.0766. The van der Waals surface area contributed by atoms with E-state index in [0.29, 0.717) is 0 Å². The second-order valence-corrected chi connectivity index (χ2v) is 8.82. The number of nitrogens with one attached hydrogen (secondary N) is 1. The molecule has 1 N–H and O–H groups in total. The highest BCUT2D eigenvalue weighted by atomic mass is 35.7. The largest absolute Gasteiger partial charge is 0.350 e. The number of amides is 1. The molecule has 1 aromatic rings. The molecule has 0 bridgehead atoms. The number of rotatable bonds is 5. The number of hydrogen-bond acceptors (Lipinski definition) is 5. The Hall–Kier alpha value is -1.06. The summed E-state index contributed by atoms with van der Waals surface area (Å²) < 4.78 is 45.3. The molecular formula is C9H13ClN2O5S2. The van der Waals surface area contributed by atoms with Gasteiger partial charge < -0.3 is 9.88 Å². The van der Waals surface area contributed by atoms with E-state index < -0.39 is 24.8 Å². The summed E-state index contributed by atoms with van der Waals surface area (Å²) in [6, 6.07) is 1.12. The van der Waals surface area contributed by atoms with E-state index in [4.69, 9.17) is 10.7 Å². The minimum atomic E-state index is -3.91. The predicted molar refractivity (Wildman–Crippen MR) is 70.5 cm³/mol. The second-order valence-electron chi connectivity index (χ2n) is 4.00. The standard InChI is InChI=1S/C9H13ClN2O5S2/c1-12-6-7(19(10,16)17)5-8(12)9(13)11-3-4-18(2,14)15/h5-6H,3-4H2,1-2H3,(H,11,13). The third kappa shape index (κ3) is 4.84. The van der Waals surface area contributed by atoms with Crippen LogP contribution >= 0.6 is 10.7 Å². The summed E-state index contributed by atoms with van der Waals surface area (Å²) in [5.74, 6) is -0.762. The number of aryl methyl sites for hydroxylation is 1. The van der Waals surface area contributed by atoms with Gasteiger partial charge in [0, 0.05) is 36.7 Å². The van der Waals surface area contributed by atoms with Gasteiger partial charge in [-0.25, -0.2) is 16.8 Å². The van der Waals surface area contributed by atoms with E-state index in [2.05, 4.69) is 5.32 Å². The maximum absolute atomic E-state index is 11.7. The van der Waals surface area contributed by atoms with Crippen LogP contribution < -0.4 is 5.32 Å². The van der Waals surface area contributed by atoms with Crippen molar-refractivity contribution in [3.05, 3.63) is 18.0 Å². The first-order valence-electron chi connectivity index (χ1n) is 5.07. The first-order valence-corrected chi connectivity index (χ1v) is 9.44. The molecule has 0 aliphatic heterocycles. The third-order valence-corrected chi connectivity index (χ3v) is 4.52.